The molecule has 10 heteroatoms. The monoisotopic (exact) mass is 435 g/mol. The number of alkyl halides is 3. The fraction of sp³-hybridized carbons (Fsp3) is 0.381. The van der Waals surface area contributed by atoms with Crippen molar-refractivity contribution >= 4 is 28.3 Å². The highest BCUT2D eigenvalue weighted by Gasteiger charge is 2.35. The summed E-state index contributed by atoms with van der Waals surface area (Å²) in [6, 6.07) is 4.89. The number of carbonyl (C=O) groups is 1. The Balaban J connectivity index is 1.37. The number of hydrogen-bond donors (Lipinski definition) is 2. The van der Waals surface area contributed by atoms with Crippen LogP contribution in [0.25, 0.3) is 11.0 Å². The van der Waals surface area contributed by atoms with Crippen LogP contribution in [0.15, 0.2) is 36.8 Å². The number of ketones is 1. The number of aromatic nitrogens is 3. The number of fused-ring (bicyclic) bond motifs is 1. The van der Waals surface area contributed by atoms with Gasteiger partial charge in [-0.3, -0.25) is 4.79 Å². The van der Waals surface area contributed by atoms with E-state index in [1.807, 2.05) is 6.07 Å². The summed E-state index contributed by atoms with van der Waals surface area (Å²) in [7, 11) is 0. The number of nitrogens with zero attached hydrogens (tertiary/aromatic N) is 3. The Hall–Kier alpha value is -3.17. The number of nitrogens with one attached hydrogen (secondary N) is 2. The molecule has 4 rings (SSSR count). The van der Waals surface area contributed by atoms with Crippen LogP contribution in [0, 0.1) is 11.7 Å². The van der Waals surface area contributed by atoms with Gasteiger partial charge in [-0.05, 0) is 37.0 Å². The molecule has 1 aliphatic rings. The first kappa shape index (κ1) is 21.1. The molecular weight excluding hydrogens is 414 g/mol. The minimum atomic E-state index is -4.79. The van der Waals surface area contributed by atoms with Crippen molar-refractivity contribution in [3.63, 3.8) is 0 Å². The molecule has 3 aromatic rings. The number of hydrogen-bond acceptors (Lipinski definition) is 5. The van der Waals surface area contributed by atoms with Crippen molar-refractivity contribution in [3.8, 4) is 0 Å². The van der Waals surface area contributed by atoms with Gasteiger partial charge < -0.3 is 15.2 Å². The molecule has 1 fully saturated rings. The molecule has 0 aliphatic carbocycles. The van der Waals surface area contributed by atoms with Crippen molar-refractivity contribution in [2.24, 2.45) is 5.92 Å². The van der Waals surface area contributed by atoms with Crippen LogP contribution in [0.4, 0.5) is 29.1 Å². The summed E-state index contributed by atoms with van der Waals surface area (Å²) >= 11 is 0. The molecule has 1 unspecified atom stereocenters. The van der Waals surface area contributed by atoms with E-state index in [-0.39, 0.29) is 30.4 Å². The standard InChI is InChI=1S/C21H21F4N5O/c22-18-16(21(23,24)25)4-1-5-17(18)27-10-14(31)9-13-3-2-8-30(11-13)20-15-6-7-26-19(15)28-12-29-20/h1,4-7,12-13,27H,2-3,8-11H2,(H,26,28,29). The third kappa shape index (κ3) is 4.62. The third-order valence-electron chi connectivity index (χ3n) is 5.45. The Morgan fingerprint density at radius 3 is 2.90 bits per heavy atom. The summed E-state index contributed by atoms with van der Waals surface area (Å²) in [5, 5.41) is 3.43. The number of Topliss-reactive ketones (excluding diaryl/α,β-unsaturated/α-hetero) is 1. The summed E-state index contributed by atoms with van der Waals surface area (Å²) in [4.78, 5) is 26.2. The first-order valence-corrected chi connectivity index (χ1v) is 9.97. The van der Waals surface area contributed by atoms with E-state index in [0.29, 0.717) is 12.6 Å². The second-order valence-corrected chi connectivity index (χ2v) is 7.65. The highest BCUT2D eigenvalue weighted by atomic mass is 19.4. The Labute approximate surface area is 175 Å². The highest BCUT2D eigenvalue weighted by Crippen LogP contribution is 2.34. The smallest absolute Gasteiger partial charge is 0.376 e. The van der Waals surface area contributed by atoms with Gasteiger partial charge in [0.1, 0.15) is 17.8 Å². The summed E-state index contributed by atoms with van der Waals surface area (Å²) in [5.74, 6) is -0.685. The van der Waals surface area contributed by atoms with E-state index in [0.717, 1.165) is 42.3 Å². The van der Waals surface area contributed by atoms with Crippen molar-refractivity contribution in [1.29, 1.82) is 0 Å². The van der Waals surface area contributed by atoms with Crippen LogP contribution in [0.3, 0.4) is 0 Å². The van der Waals surface area contributed by atoms with Crippen LogP contribution < -0.4 is 10.2 Å². The first-order chi connectivity index (χ1) is 14.8. The fourth-order valence-electron chi connectivity index (χ4n) is 4.01. The number of H-pyrrole nitrogens is 1. The third-order valence-corrected chi connectivity index (χ3v) is 5.45. The van der Waals surface area contributed by atoms with Gasteiger partial charge in [0, 0.05) is 25.7 Å². The van der Waals surface area contributed by atoms with Crippen molar-refractivity contribution < 1.29 is 22.4 Å². The molecule has 1 aliphatic heterocycles. The fourth-order valence-corrected chi connectivity index (χ4v) is 4.01. The summed E-state index contributed by atoms with van der Waals surface area (Å²) < 4.78 is 52.6. The van der Waals surface area contributed by atoms with Gasteiger partial charge in [0.05, 0.1) is 23.2 Å². The maximum absolute atomic E-state index is 14.1. The summed E-state index contributed by atoms with van der Waals surface area (Å²) in [5.41, 5.74) is -0.936. The molecule has 0 bridgehead atoms. The molecular formula is C21H21F4N5O. The molecule has 31 heavy (non-hydrogen) atoms. The number of benzene rings is 1. The average Bonchev–Trinajstić information content (AvgIpc) is 3.21. The van der Waals surface area contributed by atoms with E-state index in [4.69, 9.17) is 0 Å². The van der Waals surface area contributed by atoms with Crippen molar-refractivity contribution in [3.05, 3.63) is 48.2 Å². The molecule has 0 radical (unpaired) electrons. The minimum absolute atomic E-state index is 0.0818. The van der Waals surface area contributed by atoms with Gasteiger partial charge in [0.25, 0.3) is 0 Å². The van der Waals surface area contributed by atoms with Crippen LogP contribution >= 0.6 is 0 Å². The van der Waals surface area contributed by atoms with Crippen molar-refractivity contribution in [1.82, 2.24) is 15.0 Å². The second-order valence-electron chi connectivity index (χ2n) is 7.65. The molecule has 0 spiro atoms. The number of anilines is 2. The topological polar surface area (TPSA) is 73.9 Å². The number of carbonyl (C=O) groups excluding carboxylic acids is 1. The lowest BCUT2D eigenvalue weighted by Crippen LogP contribution is -2.37. The maximum atomic E-state index is 14.1. The SMILES string of the molecule is O=C(CNc1cccc(C(F)(F)F)c1F)CC1CCCN(c2ncnc3[nH]ccc23)C1. The van der Waals surface area contributed by atoms with Crippen molar-refractivity contribution in [2.45, 2.75) is 25.4 Å². The quantitative estimate of drug-likeness (QED) is 0.562. The summed E-state index contributed by atoms with van der Waals surface area (Å²) in [6.07, 6.45) is 0.516. The van der Waals surface area contributed by atoms with Crippen LogP contribution in [-0.4, -0.2) is 40.4 Å². The van der Waals surface area contributed by atoms with E-state index < -0.39 is 17.6 Å². The van der Waals surface area contributed by atoms with E-state index in [1.165, 1.54) is 12.4 Å². The molecule has 6 nitrogen and oxygen atoms in total. The number of halogens is 4. The first-order valence-electron chi connectivity index (χ1n) is 9.97. The zero-order chi connectivity index (χ0) is 22.0. The normalized spacial score (nSPS) is 17.2. The largest absolute Gasteiger partial charge is 0.419 e. The van der Waals surface area contributed by atoms with E-state index in [1.54, 1.807) is 6.20 Å². The van der Waals surface area contributed by atoms with Crippen LogP contribution in [-0.2, 0) is 11.0 Å². The molecule has 0 amide bonds. The highest BCUT2D eigenvalue weighted by molar-refractivity contribution is 5.87. The van der Waals surface area contributed by atoms with Crippen LogP contribution in [0.1, 0.15) is 24.8 Å². The molecule has 2 aromatic heterocycles. The number of rotatable bonds is 6. The molecule has 0 saturated carbocycles. The molecule has 1 aromatic carbocycles. The van der Waals surface area contributed by atoms with Crippen LogP contribution in [0.2, 0.25) is 0 Å². The Morgan fingerprint density at radius 1 is 1.26 bits per heavy atom. The van der Waals surface area contributed by atoms with E-state index in [9.17, 15) is 22.4 Å². The average molecular weight is 435 g/mol. The van der Waals surface area contributed by atoms with Crippen LogP contribution in [0.5, 0.6) is 0 Å². The van der Waals surface area contributed by atoms with Gasteiger partial charge in [-0.2, -0.15) is 13.2 Å². The second kappa shape index (κ2) is 8.52. The number of aromatic amines is 1. The van der Waals surface area contributed by atoms with Gasteiger partial charge in [0.2, 0.25) is 0 Å². The summed E-state index contributed by atoms with van der Waals surface area (Å²) in [6.45, 7) is 1.22. The minimum Gasteiger partial charge on any atom is -0.376 e. The van der Waals surface area contributed by atoms with Gasteiger partial charge in [-0.15, -0.1) is 0 Å². The molecule has 164 valence electrons. The zero-order valence-electron chi connectivity index (χ0n) is 16.5. The van der Waals surface area contributed by atoms with E-state index >= 15 is 0 Å². The Kier molecular flexibility index (Phi) is 5.79. The Morgan fingerprint density at radius 2 is 2.10 bits per heavy atom. The van der Waals surface area contributed by atoms with Gasteiger partial charge in [-0.1, -0.05) is 6.07 Å². The Bertz CT molecular complexity index is 1080. The van der Waals surface area contributed by atoms with E-state index in [2.05, 4.69) is 25.2 Å². The lowest BCUT2D eigenvalue weighted by molar-refractivity contribution is -0.139. The van der Waals surface area contributed by atoms with Crippen molar-refractivity contribution in [2.75, 3.05) is 29.9 Å². The lowest BCUT2D eigenvalue weighted by Gasteiger charge is -2.33. The van der Waals surface area contributed by atoms with Gasteiger partial charge in [-0.25, -0.2) is 14.4 Å². The number of piperidine rings is 1. The molecule has 3 heterocycles. The van der Waals surface area contributed by atoms with Gasteiger partial charge >= 0.3 is 6.18 Å². The lowest BCUT2D eigenvalue weighted by atomic mass is 9.92. The van der Waals surface area contributed by atoms with Gasteiger partial charge in [0.15, 0.2) is 11.6 Å². The molecule has 1 atom stereocenters. The zero-order valence-corrected chi connectivity index (χ0v) is 16.5. The predicted molar refractivity (Wildman–Crippen MR) is 108 cm³/mol. The predicted octanol–water partition coefficient (Wildman–Crippen LogP) is 4.40. The maximum Gasteiger partial charge on any atom is 0.419 e. The molecule has 2 N–H and O–H groups in total. The molecule has 1 saturated heterocycles.